The molecule has 2 aromatic rings. The van der Waals surface area contributed by atoms with Gasteiger partial charge < -0.3 is 4.90 Å². The second-order valence-electron chi connectivity index (χ2n) is 6.54. The van der Waals surface area contributed by atoms with Crippen molar-refractivity contribution in [1.82, 2.24) is 9.21 Å². The summed E-state index contributed by atoms with van der Waals surface area (Å²) in [7, 11) is -1.91. The van der Waals surface area contributed by atoms with Crippen molar-refractivity contribution >= 4 is 44.8 Å². The Bertz CT molecular complexity index is 946. The molecule has 0 aromatic heterocycles. The van der Waals surface area contributed by atoms with Crippen LogP contribution in [0, 0.1) is 0 Å². The van der Waals surface area contributed by atoms with Crippen molar-refractivity contribution in [1.29, 1.82) is 0 Å². The fourth-order valence-electron chi connectivity index (χ4n) is 3.01. The molecule has 3 rings (SSSR count). The summed E-state index contributed by atoms with van der Waals surface area (Å²) in [5, 5.41) is 0.516. The highest BCUT2D eigenvalue weighted by atomic mass is 35.5. The van der Waals surface area contributed by atoms with E-state index < -0.39 is 10.0 Å². The first-order chi connectivity index (χ1) is 13.3. The molecule has 9 heteroatoms. The zero-order valence-corrected chi connectivity index (χ0v) is 17.7. The first-order valence-corrected chi connectivity index (χ1v) is 11.0. The van der Waals surface area contributed by atoms with Crippen molar-refractivity contribution in [2.24, 2.45) is 0 Å². The van der Waals surface area contributed by atoms with Gasteiger partial charge in [0.05, 0.1) is 21.5 Å². The third-order valence-corrected chi connectivity index (χ3v) is 7.37. The maximum Gasteiger partial charge on any atom is 0.243 e. The fraction of sp³-hybridized carbons (Fsp3) is 0.316. The minimum atomic E-state index is -3.64. The van der Waals surface area contributed by atoms with Gasteiger partial charge in [0.25, 0.3) is 0 Å². The van der Waals surface area contributed by atoms with Crippen molar-refractivity contribution in [3.05, 3.63) is 58.6 Å². The van der Waals surface area contributed by atoms with Crippen molar-refractivity contribution in [3.8, 4) is 0 Å². The standard InChI is InChI=1S/C19H21Cl2N3O3S/c1-22(15-5-3-2-4-6-15)19(25)14-23-9-11-24(12-10-23)28(26,27)16-7-8-17(20)18(21)13-16/h2-8,13H,9-12,14H2,1H3. The predicted octanol–water partition coefficient (Wildman–Crippen LogP) is 2.96. The Balaban J connectivity index is 1.59. The van der Waals surface area contributed by atoms with Gasteiger partial charge in [-0.15, -0.1) is 0 Å². The Morgan fingerprint density at radius 1 is 1.00 bits per heavy atom. The quantitative estimate of drug-likeness (QED) is 0.715. The van der Waals surface area contributed by atoms with Crippen LogP contribution >= 0.6 is 23.2 Å². The number of rotatable bonds is 5. The van der Waals surface area contributed by atoms with Crippen molar-refractivity contribution < 1.29 is 13.2 Å². The molecule has 0 saturated carbocycles. The SMILES string of the molecule is CN(C(=O)CN1CCN(S(=O)(=O)c2ccc(Cl)c(Cl)c2)CC1)c1ccccc1. The average Bonchev–Trinajstić information content (AvgIpc) is 2.70. The van der Waals surface area contributed by atoms with Gasteiger partial charge in [-0.25, -0.2) is 8.42 Å². The first kappa shape index (κ1) is 21.1. The number of hydrogen-bond acceptors (Lipinski definition) is 4. The van der Waals surface area contributed by atoms with E-state index in [0.717, 1.165) is 5.69 Å². The summed E-state index contributed by atoms with van der Waals surface area (Å²) < 4.78 is 27.0. The normalized spacial score (nSPS) is 16.1. The van der Waals surface area contributed by atoms with Gasteiger partial charge in [-0.2, -0.15) is 4.31 Å². The number of halogens is 2. The monoisotopic (exact) mass is 441 g/mol. The molecule has 6 nitrogen and oxygen atoms in total. The Labute approximate surface area is 175 Å². The zero-order valence-electron chi connectivity index (χ0n) is 15.4. The summed E-state index contributed by atoms with van der Waals surface area (Å²) in [6.07, 6.45) is 0. The van der Waals surface area contributed by atoms with Crippen LogP contribution in [0.2, 0.25) is 10.0 Å². The van der Waals surface area contributed by atoms with Crippen molar-refractivity contribution in [2.45, 2.75) is 4.90 Å². The number of carbonyl (C=O) groups excluding carboxylic acids is 1. The van der Waals surface area contributed by atoms with E-state index in [-0.39, 0.29) is 22.4 Å². The van der Waals surface area contributed by atoms with E-state index in [9.17, 15) is 13.2 Å². The molecular weight excluding hydrogens is 421 g/mol. The number of amides is 1. The Morgan fingerprint density at radius 3 is 2.25 bits per heavy atom. The molecule has 1 aliphatic rings. The van der Waals surface area contributed by atoms with Crippen LogP contribution in [-0.4, -0.2) is 63.3 Å². The number of hydrogen-bond donors (Lipinski definition) is 0. The van der Waals surface area contributed by atoms with E-state index in [2.05, 4.69) is 0 Å². The molecule has 2 aromatic carbocycles. The smallest absolute Gasteiger partial charge is 0.243 e. The second-order valence-corrected chi connectivity index (χ2v) is 9.30. The summed E-state index contributed by atoms with van der Waals surface area (Å²) in [5.74, 6) is -0.0352. The molecule has 1 saturated heterocycles. The minimum absolute atomic E-state index is 0.0352. The number of likely N-dealkylation sites (N-methyl/N-ethyl adjacent to an activating group) is 1. The maximum atomic E-state index is 12.8. The first-order valence-electron chi connectivity index (χ1n) is 8.78. The molecular formula is C19H21Cl2N3O3S. The van der Waals surface area contributed by atoms with E-state index in [0.29, 0.717) is 31.2 Å². The van der Waals surface area contributed by atoms with E-state index in [1.807, 2.05) is 35.2 Å². The van der Waals surface area contributed by atoms with Gasteiger partial charge in [-0.1, -0.05) is 41.4 Å². The molecule has 0 atom stereocenters. The summed E-state index contributed by atoms with van der Waals surface area (Å²) in [5.41, 5.74) is 0.827. The van der Waals surface area contributed by atoms with Gasteiger partial charge in [0.15, 0.2) is 0 Å². The lowest BCUT2D eigenvalue weighted by Gasteiger charge is -2.34. The van der Waals surface area contributed by atoms with E-state index >= 15 is 0 Å². The summed E-state index contributed by atoms with van der Waals surface area (Å²) in [4.78, 5) is 16.2. The van der Waals surface area contributed by atoms with Crippen LogP contribution in [0.4, 0.5) is 5.69 Å². The van der Waals surface area contributed by atoms with Gasteiger partial charge in [0.2, 0.25) is 15.9 Å². The molecule has 150 valence electrons. The highest BCUT2D eigenvalue weighted by Gasteiger charge is 2.29. The number of piperazine rings is 1. The van der Waals surface area contributed by atoms with Crippen LogP contribution < -0.4 is 4.90 Å². The van der Waals surface area contributed by atoms with Crippen LogP contribution in [0.25, 0.3) is 0 Å². The number of sulfonamides is 1. The van der Waals surface area contributed by atoms with Crippen LogP contribution in [0.5, 0.6) is 0 Å². The molecule has 0 spiro atoms. The lowest BCUT2D eigenvalue weighted by Crippen LogP contribution is -2.51. The van der Waals surface area contributed by atoms with Crippen molar-refractivity contribution in [3.63, 3.8) is 0 Å². The minimum Gasteiger partial charge on any atom is -0.314 e. The molecule has 28 heavy (non-hydrogen) atoms. The largest absolute Gasteiger partial charge is 0.314 e. The third kappa shape index (κ3) is 4.67. The molecule has 1 fully saturated rings. The lowest BCUT2D eigenvalue weighted by molar-refractivity contribution is -0.119. The summed E-state index contributed by atoms with van der Waals surface area (Å²) in [6.45, 7) is 1.83. The molecule has 0 aliphatic carbocycles. The molecule has 0 bridgehead atoms. The zero-order chi connectivity index (χ0) is 20.3. The molecule has 1 amide bonds. The summed E-state index contributed by atoms with van der Waals surface area (Å²) >= 11 is 11.8. The third-order valence-electron chi connectivity index (χ3n) is 4.74. The Kier molecular flexibility index (Phi) is 6.62. The lowest BCUT2D eigenvalue weighted by atomic mass is 10.3. The topological polar surface area (TPSA) is 60.9 Å². The average molecular weight is 442 g/mol. The van der Waals surface area contributed by atoms with Gasteiger partial charge in [0, 0.05) is 38.9 Å². The summed E-state index contributed by atoms with van der Waals surface area (Å²) in [6, 6.07) is 13.7. The van der Waals surface area contributed by atoms with Crippen LogP contribution in [0.15, 0.2) is 53.4 Å². The van der Waals surface area contributed by atoms with Gasteiger partial charge in [0.1, 0.15) is 0 Å². The second kappa shape index (κ2) is 8.80. The number of benzene rings is 2. The Morgan fingerprint density at radius 2 is 1.64 bits per heavy atom. The molecule has 1 heterocycles. The van der Waals surface area contributed by atoms with Crippen molar-refractivity contribution in [2.75, 3.05) is 44.7 Å². The van der Waals surface area contributed by atoms with Gasteiger partial charge >= 0.3 is 0 Å². The highest BCUT2D eigenvalue weighted by Crippen LogP contribution is 2.27. The van der Waals surface area contributed by atoms with Crippen LogP contribution in [0.1, 0.15) is 0 Å². The van der Waals surface area contributed by atoms with Crippen LogP contribution in [-0.2, 0) is 14.8 Å². The van der Waals surface area contributed by atoms with Crippen LogP contribution in [0.3, 0.4) is 0 Å². The Hall–Kier alpha value is -1.64. The van der Waals surface area contributed by atoms with Gasteiger partial charge in [-0.3, -0.25) is 9.69 Å². The number of carbonyl (C=O) groups is 1. The molecule has 1 aliphatic heterocycles. The van der Waals surface area contributed by atoms with E-state index in [1.165, 1.54) is 22.5 Å². The molecule has 0 N–H and O–H groups in total. The molecule has 0 unspecified atom stereocenters. The molecule has 0 radical (unpaired) electrons. The number of para-hydroxylation sites is 1. The van der Waals surface area contributed by atoms with E-state index in [1.54, 1.807) is 11.9 Å². The van der Waals surface area contributed by atoms with E-state index in [4.69, 9.17) is 23.2 Å². The highest BCUT2D eigenvalue weighted by molar-refractivity contribution is 7.89. The maximum absolute atomic E-state index is 12.8. The van der Waals surface area contributed by atoms with Gasteiger partial charge in [-0.05, 0) is 30.3 Å². The predicted molar refractivity (Wildman–Crippen MR) is 112 cm³/mol. The number of anilines is 1. The number of nitrogens with zero attached hydrogens (tertiary/aromatic N) is 3. The fourth-order valence-corrected chi connectivity index (χ4v) is 4.82.